The second kappa shape index (κ2) is 10.9. The van der Waals surface area contributed by atoms with Gasteiger partial charge in [-0.05, 0) is 67.7 Å². The van der Waals surface area contributed by atoms with Crippen molar-refractivity contribution in [2.45, 2.75) is 6.92 Å². The number of hydrogen-bond acceptors (Lipinski definition) is 8. The molecule has 3 aromatic carbocycles. The predicted molar refractivity (Wildman–Crippen MR) is 139 cm³/mol. The quantitative estimate of drug-likeness (QED) is 0.237. The van der Waals surface area contributed by atoms with Crippen LogP contribution in [0.3, 0.4) is 0 Å². The van der Waals surface area contributed by atoms with Gasteiger partial charge in [-0.25, -0.2) is 4.57 Å². The summed E-state index contributed by atoms with van der Waals surface area (Å²) in [5.74, 6) is 1.05. The average molecular weight is 505 g/mol. The van der Waals surface area contributed by atoms with Crippen molar-refractivity contribution in [3.63, 3.8) is 0 Å². The maximum Gasteiger partial charge on any atom is 0.290 e. The van der Waals surface area contributed by atoms with Crippen LogP contribution in [0.5, 0.6) is 23.1 Å². The first-order valence-corrected chi connectivity index (χ1v) is 11.4. The van der Waals surface area contributed by atoms with Crippen LogP contribution in [0.2, 0.25) is 0 Å². The molecule has 0 spiro atoms. The van der Waals surface area contributed by atoms with Crippen molar-refractivity contribution in [1.82, 2.24) is 9.13 Å². The van der Waals surface area contributed by atoms with E-state index in [0.29, 0.717) is 40.9 Å². The number of rotatable bonds is 8. The molecule has 0 bridgehead atoms. The summed E-state index contributed by atoms with van der Waals surface area (Å²) in [5.41, 5.74) is 0.296. The summed E-state index contributed by atoms with van der Waals surface area (Å²) in [5, 5.41) is 19.5. The standard InChI is InChI=1S/C26H24N4O5S/c1-4-35-18-15-13-17(14-16-18)27-28-23-24(31)29(19-9-5-7-11-21(19)33-2)26(36)30(25(23)32)20-10-6-8-12-22(20)34-3/h5-16,31H,4H2,1-3H3. The number of hydrogen-bond donors (Lipinski definition) is 1. The average Bonchev–Trinajstić information content (AvgIpc) is 2.90. The molecule has 36 heavy (non-hydrogen) atoms. The molecule has 184 valence electrons. The van der Waals surface area contributed by atoms with Gasteiger partial charge in [0.2, 0.25) is 11.6 Å². The minimum Gasteiger partial charge on any atom is -0.495 e. The van der Waals surface area contributed by atoms with Crippen LogP contribution in [-0.4, -0.2) is 35.1 Å². The highest BCUT2D eigenvalue weighted by Crippen LogP contribution is 2.34. The number of methoxy groups -OCH3 is 2. The van der Waals surface area contributed by atoms with Crippen molar-refractivity contribution in [2.75, 3.05) is 20.8 Å². The maximum atomic E-state index is 13.6. The van der Waals surface area contributed by atoms with Crippen molar-refractivity contribution < 1.29 is 19.3 Å². The summed E-state index contributed by atoms with van der Waals surface area (Å²) in [4.78, 5) is 13.6. The molecule has 4 rings (SSSR count). The first-order chi connectivity index (χ1) is 17.5. The van der Waals surface area contributed by atoms with E-state index in [2.05, 4.69) is 10.2 Å². The molecule has 1 N–H and O–H groups in total. The smallest absolute Gasteiger partial charge is 0.290 e. The van der Waals surface area contributed by atoms with E-state index in [1.165, 1.54) is 23.4 Å². The highest BCUT2D eigenvalue weighted by atomic mass is 32.1. The molecule has 1 heterocycles. The van der Waals surface area contributed by atoms with Crippen molar-refractivity contribution in [2.24, 2.45) is 10.2 Å². The van der Waals surface area contributed by atoms with Gasteiger partial charge in [0.05, 0.1) is 37.9 Å². The molecule has 0 atom stereocenters. The van der Waals surface area contributed by atoms with Crippen molar-refractivity contribution >= 4 is 23.6 Å². The van der Waals surface area contributed by atoms with Crippen LogP contribution < -0.4 is 19.8 Å². The molecule has 0 amide bonds. The molecule has 0 aliphatic heterocycles. The van der Waals surface area contributed by atoms with E-state index in [1.807, 2.05) is 6.92 Å². The SMILES string of the molecule is CCOc1ccc(N=Nc2c(O)n(-c3ccccc3OC)c(=S)n(-c3ccccc3OC)c2=O)cc1. The number of azo groups is 1. The third kappa shape index (κ3) is 4.71. The molecule has 0 saturated heterocycles. The summed E-state index contributed by atoms with van der Waals surface area (Å²) in [6.45, 7) is 2.43. The number of benzene rings is 3. The molecule has 4 aromatic rings. The zero-order valence-electron chi connectivity index (χ0n) is 19.9. The van der Waals surface area contributed by atoms with Crippen LogP contribution in [0.15, 0.2) is 87.8 Å². The highest BCUT2D eigenvalue weighted by molar-refractivity contribution is 7.71. The second-order valence-electron chi connectivity index (χ2n) is 7.40. The lowest BCUT2D eigenvalue weighted by molar-refractivity contribution is 0.340. The fraction of sp³-hybridized carbons (Fsp3) is 0.154. The van der Waals surface area contributed by atoms with Crippen molar-refractivity contribution in [3.8, 4) is 34.5 Å². The Balaban J connectivity index is 1.99. The van der Waals surface area contributed by atoms with Gasteiger partial charge in [-0.15, -0.1) is 5.11 Å². The zero-order chi connectivity index (χ0) is 25.7. The van der Waals surface area contributed by atoms with Crippen LogP contribution in [-0.2, 0) is 0 Å². The Morgan fingerprint density at radius 1 is 0.833 bits per heavy atom. The first kappa shape index (κ1) is 24.7. The van der Waals surface area contributed by atoms with Gasteiger partial charge >= 0.3 is 0 Å². The number of aromatic hydroxyl groups is 1. The summed E-state index contributed by atoms with van der Waals surface area (Å²) in [6, 6.07) is 20.8. The molecule has 10 heteroatoms. The van der Waals surface area contributed by atoms with Gasteiger partial charge in [0.15, 0.2) is 4.77 Å². The summed E-state index contributed by atoms with van der Waals surface area (Å²) in [6.07, 6.45) is 0. The topological polar surface area (TPSA) is 99.6 Å². The predicted octanol–water partition coefficient (Wildman–Crippen LogP) is 5.89. The Labute approximate surface area is 212 Å². The fourth-order valence-electron chi connectivity index (χ4n) is 3.61. The van der Waals surface area contributed by atoms with E-state index >= 15 is 0 Å². The van der Waals surface area contributed by atoms with Gasteiger partial charge in [0.1, 0.15) is 17.2 Å². The van der Waals surface area contributed by atoms with E-state index in [4.69, 9.17) is 26.4 Å². The van der Waals surface area contributed by atoms with Crippen LogP contribution in [0.4, 0.5) is 11.4 Å². The molecular weight excluding hydrogens is 480 g/mol. The number of aromatic nitrogens is 2. The highest BCUT2D eigenvalue weighted by Gasteiger charge is 2.22. The van der Waals surface area contributed by atoms with E-state index in [1.54, 1.807) is 72.8 Å². The van der Waals surface area contributed by atoms with Crippen LogP contribution in [0, 0.1) is 4.77 Å². The summed E-state index contributed by atoms with van der Waals surface area (Å²) < 4.78 is 18.9. The van der Waals surface area contributed by atoms with E-state index in [-0.39, 0.29) is 10.5 Å². The Bertz CT molecular complexity index is 1530. The summed E-state index contributed by atoms with van der Waals surface area (Å²) >= 11 is 5.69. The maximum absolute atomic E-state index is 13.6. The largest absolute Gasteiger partial charge is 0.495 e. The lowest BCUT2D eigenvalue weighted by atomic mass is 10.2. The molecular formula is C26H24N4O5S. The Morgan fingerprint density at radius 3 is 1.94 bits per heavy atom. The van der Waals surface area contributed by atoms with E-state index in [9.17, 15) is 9.90 Å². The molecule has 9 nitrogen and oxygen atoms in total. The second-order valence-corrected chi connectivity index (χ2v) is 7.77. The zero-order valence-corrected chi connectivity index (χ0v) is 20.7. The van der Waals surface area contributed by atoms with Gasteiger partial charge in [-0.1, -0.05) is 24.3 Å². The van der Waals surface area contributed by atoms with Crippen LogP contribution >= 0.6 is 12.2 Å². The minimum atomic E-state index is -0.664. The lowest BCUT2D eigenvalue weighted by Crippen LogP contribution is -2.23. The Kier molecular flexibility index (Phi) is 7.45. The number of nitrogens with zero attached hydrogens (tertiary/aromatic N) is 4. The molecule has 0 aliphatic carbocycles. The van der Waals surface area contributed by atoms with Gasteiger partial charge in [0, 0.05) is 0 Å². The molecule has 0 aliphatic rings. The van der Waals surface area contributed by atoms with Gasteiger partial charge < -0.3 is 19.3 Å². The Hall–Kier alpha value is -4.44. The fourth-order valence-corrected chi connectivity index (χ4v) is 3.98. The van der Waals surface area contributed by atoms with Crippen molar-refractivity contribution in [1.29, 1.82) is 0 Å². The third-order valence-corrected chi connectivity index (χ3v) is 5.64. The molecule has 0 unspecified atom stereocenters. The summed E-state index contributed by atoms with van der Waals surface area (Å²) in [7, 11) is 3.00. The van der Waals surface area contributed by atoms with Crippen LogP contribution in [0.25, 0.3) is 11.4 Å². The van der Waals surface area contributed by atoms with Gasteiger partial charge in [0.25, 0.3) is 5.56 Å². The number of para-hydroxylation sites is 4. The van der Waals surface area contributed by atoms with E-state index < -0.39 is 11.4 Å². The normalized spacial score (nSPS) is 11.0. The molecule has 0 saturated carbocycles. The van der Waals surface area contributed by atoms with Gasteiger partial charge in [-0.2, -0.15) is 5.11 Å². The van der Waals surface area contributed by atoms with E-state index in [0.717, 1.165) is 0 Å². The molecule has 0 fully saturated rings. The van der Waals surface area contributed by atoms with Crippen LogP contribution in [0.1, 0.15) is 6.92 Å². The number of ether oxygens (including phenoxy) is 3. The lowest BCUT2D eigenvalue weighted by Gasteiger charge is -2.18. The molecule has 1 aromatic heterocycles. The third-order valence-electron chi connectivity index (χ3n) is 5.28. The first-order valence-electron chi connectivity index (χ1n) is 11.0. The van der Waals surface area contributed by atoms with Gasteiger partial charge in [-0.3, -0.25) is 9.36 Å². The minimum absolute atomic E-state index is 0.00785. The monoisotopic (exact) mass is 504 g/mol. The molecule has 0 radical (unpaired) electrons. The Morgan fingerprint density at radius 2 is 1.39 bits per heavy atom. The van der Waals surface area contributed by atoms with Crippen molar-refractivity contribution in [3.05, 3.63) is 87.9 Å².